The molecular formula is C17H23Cl2N5O. The minimum atomic E-state index is -0.448. The van der Waals surface area contributed by atoms with Gasteiger partial charge in [-0.2, -0.15) is 0 Å². The van der Waals surface area contributed by atoms with Crippen LogP contribution >= 0.6 is 24.8 Å². The number of hydrogen-bond acceptors (Lipinski definition) is 5. The van der Waals surface area contributed by atoms with Gasteiger partial charge in [-0.15, -0.1) is 24.8 Å². The van der Waals surface area contributed by atoms with Gasteiger partial charge < -0.3 is 16.4 Å². The molecule has 0 radical (unpaired) electrons. The maximum absolute atomic E-state index is 11.1. The third-order valence-corrected chi connectivity index (χ3v) is 4.09. The van der Waals surface area contributed by atoms with Gasteiger partial charge in [0.2, 0.25) is 5.91 Å². The molecule has 8 heteroatoms. The van der Waals surface area contributed by atoms with Crippen LogP contribution in [0.3, 0.4) is 0 Å². The van der Waals surface area contributed by atoms with Crippen molar-refractivity contribution >= 4 is 42.2 Å². The molecule has 25 heavy (non-hydrogen) atoms. The molecule has 1 amide bonds. The van der Waals surface area contributed by atoms with Crippen molar-refractivity contribution in [1.82, 2.24) is 9.88 Å². The molecule has 0 aliphatic carbocycles. The summed E-state index contributed by atoms with van der Waals surface area (Å²) < 4.78 is 0. The Morgan fingerprint density at radius 1 is 1.08 bits per heavy atom. The van der Waals surface area contributed by atoms with Crippen molar-refractivity contribution in [3.8, 4) is 0 Å². The van der Waals surface area contributed by atoms with Crippen LogP contribution in [0.4, 0.5) is 11.5 Å². The van der Waals surface area contributed by atoms with E-state index < -0.39 is 5.91 Å². The number of amides is 1. The van der Waals surface area contributed by atoms with E-state index >= 15 is 0 Å². The Labute approximate surface area is 160 Å². The van der Waals surface area contributed by atoms with E-state index in [0.717, 1.165) is 44.2 Å². The topological polar surface area (TPSA) is 88.5 Å². The number of rotatable bonds is 4. The molecule has 136 valence electrons. The van der Waals surface area contributed by atoms with E-state index in [2.05, 4.69) is 20.9 Å². The summed E-state index contributed by atoms with van der Waals surface area (Å²) in [5.41, 5.74) is 13.5. The summed E-state index contributed by atoms with van der Waals surface area (Å²) in [6.45, 7) is 4.66. The Kier molecular flexibility index (Phi) is 7.96. The van der Waals surface area contributed by atoms with Gasteiger partial charge in [0.1, 0.15) is 5.82 Å². The SMILES string of the molecule is Cl.Cl.NC(=O)c1ccc(N2CCN(Cc3cccc(N)c3)CC2)nc1. The molecule has 0 saturated carbocycles. The largest absolute Gasteiger partial charge is 0.399 e. The number of nitrogens with two attached hydrogens (primary N) is 2. The zero-order valence-electron chi connectivity index (χ0n) is 13.8. The second-order valence-electron chi connectivity index (χ2n) is 5.78. The fourth-order valence-corrected chi connectivity index (χ4v) is 2.80. The van der Waals surface area contributed by atoms with Crippen molar-refractivity contribution in [3.63, 3.8) is 0 Å². The lowest BCUT2D eigenvalue weighted by Crippen LogP contribution is -2.46. The minimum absolute atomic E-state index is 0. The first-order valence-electron chi connectivity index (χ1n) is 7.69. The number of primary amides is 1. The molecule has 0 bridgehead atoms. The molecule has 6 nitrogen and oxygen atoms in total. The van der Waals surface area contributed by atoms with E-state index in [-0.39, 0.29) is 24.8 Å². The first kappa shape index (κ1) is 21.0. The molecule has 0 unspecified atom stereocenters. The Balaban J connectivity index is 0.00000156. The van der Waals surface area contributed by atoms with Gasteiger partial charge in [-0.3, -0.25) is 9.69 Å². The normalized spacial score (nSPS) is 14.3. The number of carbonyl (C=O) groups is 1. The number of piperazine rings is 1. The van der Waals surface area contributed by atoms with Crippen molar-refractivity contribution in [2.45, 2.75) is 6.54 Å². The number of nitrogen functional groups attached to an aromatic ring is 1. The van der Waals surface area contributed by atoms with Crippen LogP contribution in [0.2, 0.25) is 0 Å². The van der Waals surface area contributed by atoms with Gasteiger partial charge in [-0.25, -0.2) is 4.98 Å². The highest BCUT2D eigenvalue weighted by molar-refractivity contribution is 5.92. The van der Waals surface area contributed by atoms with Crippen molar-refractivity contribution in [3.05, 3.63) is 53.7 Å². The van der Waals surface area contributed by atoms with E-state index in [4.69, 9.17) is 11.5 Å². The zero-order chi connectivity index (χ0) is 16.2. The third-order valence-electron chi connectivity index (χ3n) is 4.09. The smallest absolute Gasteiger partial charge is 0.250 e. The highest BCUT2D eigenvalue weighted by atomic mass is 35.5. The number of carbonyl (C=O) groups excluding carboxylic acids is 1. The maximum atomic E-state index is 11.1. The molecule has 3 rings (SSSR count). The summed E-state index contributed by atoms with van der Waals surface area (Å²) in [5.74, 6) is 0.439. The second-order valence-corrected chi connectivity index (χ2v) is 5.78. The van der Waals surface area contributed by atoms with Crippen LogP contribution in [0, 0.1) is 0 Å². The van der Waals surface area contributed by atoms with Crippen molar-refractivity contribution in [2.24, 2.45) is 5.73 Å². The average Bonchev–Trinajstić information content (AvgIpc) is 2.56. The van der Waals surface area contributed by atoms with Gasteiger partial charge >= 0.3 is 0 Å². The molecule has 1 aromatic heterocycles. The van der Waals surface area contributed by atoms with E-state index in [0.29, 0.717) is 5.56 Å². The summed E-state index contributed by atoms with van der Waals surface area (Å²) in [6.07, 6.45) is 1.54. The quantitative estimate of drug-likeness (QED) is 0.787. The number of nitrogens with zero attached hydrogens (tertiary/aromatic N) is 3. The summed E-state index contributed by atoms with van der Waals surface area (Å²) in [7, 11) is 0. The predicted molar refractivity (Wildman–Crippen MR) is 106 cm³/mol. The molecule has 1 aromatic carbocycles. The Morgan fingerprint density at radius 2 is 1.80 bits per heavy atom. The Morgan fingerprint density at radius 3 is 2.36 bits per heavy atom. The van der Waals surface area contributed by atoms with Gasteiger partial charge in [0.15, 0.2) is 0 Å². The van der Waals surface area contributed by atoms with Crippen molar-refractivity contribution in [2.75, 3.05) is 36.8 Å². The molecule has 1 aliphatic rings. The van der Waals surface area contributed by atoms with Gasteiger partial charge in [0, 0.05) is 44.6 Å². The zero-order valence-corrected chi connectivity index (χ0v) is 15.4. The minimum Gasteiger partial charge on any atom is -0.399 e. The molecule has 1 aliphatic heterocycles. The Hall–Kier alpha value is -2.02. The highest BCUT2D eigenvalue weighted by Gasteiger charge is 2.18. The highest BCUT2D eigenvalue weighted by Crippen LogP contribution is 2.16. The van der Waals surface area contributed by atoms with Crippen LogP contribution in [-0.2, 0) is 6.54 Å². The summed E-state index contributed by atoms with van der Waals surface area (Å²) in [4.78, 5) is 20.0. The fraction of sp³-hybridized carbons (Fsp3) is 0.294. The monoisotopic (exact) mass is 383 g/mol. The number of hydrogen-bond donors (Lipinski definition) is 2. The number of aromatic nitrogens is 1. The molecular weight excluding hydrogens is 361 g/mol. The van der Waals surface area contributed by atoms with Crippen LogP contribution in [0.25, 0.3) is 0 Å². The molecule has 0 spiro atoms. The molecule has 4 N–H and O–H groups in total. The van der Waals surface area contributed by atoms with E-state index in [1.165, 1.54) is 11.8 Å². The van der Waals surface area contributed by atoms with E-state index in [1.807, 2.05) is 24.3 Å². The standard InChI is InChI=1S/C17H21N5O.2ClH/c18-15-3-1-2-13(10-15)12-21-6-8-22(9-7-21)16-5-4-14(11-20-16)17(19)23;;/h1-5,10-11H,6-9,12,18H2,(H2,19,23);2*1H. The van der Waals surface area contributed by atoms with E-state index in [9.17, 15) is 4.79 Å². The summed E-state index contributed by atoms with van der Waals surface area (Å²) >= 11 is 0. The predicted octanol–water partition coefficient (Wildman–Crippen LogP) is 1.93. The lowest BCUT2D eigenvalue weighted by molar-refractivity contribution is 0.1000. The van der Waals surface area contributed by atoms with Crippen LogP contribution in [-0.4, -0.2) is 42.0 Å². The number of benzene rings is 1. The first-order chi connectivity index (χ1) is 11.1. The first-order valence-corrected chi connectivity index (χ1v) is 7.69. The lowest BCUT2D eigenvalue weighted by atomic mass is 10.1. The average molecular weight is 384 g/mol. The molecule has 0 atom stereocenters. The van der Waals surface area contributed by atoms with Crippen molar-refractivity contribution < 1.29 is 4.79 Å². The molecule has 1 fully saturated rings. The maximum Gasteiger partial charge on any atom is 0.250 e. The van der Waals surface area contributed by atoms with Crippen LogP contribution in [0.1, 0.15) is 15.9 Å². The van der Waals surface area contributed by atoms with Crippen molar-refractivity contribution in [1.29, 1.82) is 0 Å². The van der Waals surface area contributed by atoms with E-state index in [1.54, 1.807) is 6.07 Å². The van der Waals surface area contributed by atoms with Crippen LogP contribution < -0.4 is 16.4 Å². The van der Waals surface area contributed by atoms with Gasteiger partial charge in [0.25, 0.3) is 0 Å². The van der Waals surface area contributed by atoms with Gasteiger partial charge in [-0.05, 0) is 29.8 Å². The third kappa shape index (κ3) is 5.49. The second kappa shape index (κ2) is 9.46. The molecule has 1 saturated heterocycles. The lowest BCUT2D eigenvalue weighted by Gasteiger charge is -2.35. The van der Waals surface area contributed by atoms with Crippen LogP contribution in [0.5, 0.6) is 0 Å². The summed E-state index contributed by atoms with van der Waals surface area (Å²) in [6, 6.07) is 11.6. The fourth-order valence-electron chi connectivity index (χ4n) is 2.80. The Bertz CT molecular complexity index is 688. The number of halogens is 2. The van der Waals surface area contributed by atoms with Gasteiger partial charge in [-0.1, -0.05) is 12.1 Å². The number of anilines is 2. The van der Waals surface area contributed by atoms with Gasteiger partial charge in [0.05, 0.1) is 5.56 Å². The number of pyridine rings is 1. The summed E-state index contributed by atoms with van der Waals surface area (Å²) in [5, 5.41) is 0. The molecule has 2 heterocycles. The molecule has 2 aromatic rings. The van der Waals surface area contributed by atoms with Crippen LogP contribution in [0.15, 0.2) is 42.6 Å².